The highest BCUT2D eigenvalue weighted by atomic mass is 16.6. The van der Waals surface area contributed by atoms with Crippen molar-refractivity contribution in [1.29, 1.82) is 0 Å². The average Bonchev–Trinajstić information content (AvgIpc) is 2.98. The lowest BCUT2D eigenvalue weighted by molar-refractivity contribution is -0.392. The molecule has 0 N–H and O–H groups in total. The van der Waals surface area contributed by atoms with Crippen molar-refractivity contribution in [3.63, 3.8) is 0 Å². The van der Waals surface area contributed by atoms with Crippen molar-refractivity contribution < 1.29 is 14.5 Å². The third kappa shape index (κ3) is 2.28. The third-order valence-electron chi connectivity index (χ3n) is 4.70. The van der Waals surface area contributed by atoms with Gasteiger partial charge in [-0.3, -0.25) is 14.5 Å². The Balaban J connectivity index is 1.74. The second-order valence-electron chi connectivity index (χ2n) is 5.90. The van der Waals surface area contributed by atoms with Crippen molar-refractivity contribution in [2.24, 2.45) is 11.8 Å². The number of carbonyl (C=O) groups is 2. The Morgan fingerprint density at radius 2 is 1.82 bits per heavy atom. The summed E-state index contributed by atoms with van der Waals surface area (Å²) in [4.78, 5) is 40.4. The minimum atomic E-state index is -0.507. The number of nitro groups is 1. The average molecular weight is 306 g/mol. The van der Waals surface area contributed by atoms with E-state index in [2.05, 4.69) is 4.98 Å². The fourth-order valence-corrected chi connectivity index (χ4v) is 3.53. The van der Waals surface area contributed by atoms with Crippen LogP contribution < -0.4 is 0 Å². The molecule has 1 aromatic heterocycles. The summed E-state index contributed by atoms with van der Waals surface area (Å²) >= 11 is 0. The van der Waals surface area contributed by atoms with Crippen LogP contribution in [0.3, 0.4) is 0 Å². The lowest BCUT2D eigenvalue weighted by atomic mass is 9.81. The summed E-state index contributed by atoms with van der Waals surface area (Å²) in [7, 11) is 0. The van der Waals surface area contributed by atoms with E-state index >= 15 is 0 Å². The van der Waals surface area contributed by atoms with Gasteiger partial charge in [0, 0.05) is 6.92 Å². The van der Waals surface area contributed by atoms with Gasteiger partial charge in [0.1, 0.15) is 12.7 Å². The van der Waals surface area contributed by atoms with Crippen LogP contribution in [0.25, 0.3) is 0 Å². The van der Waals surface area contributed by atoms with Crippen LogP contribution >= 0.6 is 0 Å². The number of hydrogen-bond donors (Lipinski definition) is 0. The number of imidazole rings is 1. The maximum Gasteiger partial charge on any atom is 0.342 e. The predicted molar refractivity (Wildman–Crippen MR) is 75.8 cm³/mol. The molecule has 1 saturated carbocycles. The summed E-state index contributed by atoms with van der Waals surface area (Å²) in [5, 5.41) is 11.0. The lowest BCUT2D eigenvalue weighted by Gasteiger charge is -2.19. The minimum Gasteiger partial charge on any atom is -0.358 e. The van der Waals surface area contributed by atoms with Gasteiger partial charge in [-0.25, -0.2) is 9.55 Å². The van der Waals surface area contributed by atoms with Crippen LogP contribution in [0.2, 0.25) is 0 Å². The molecule has 0 spiro atoms. The van der Waals surface area contributed by atoms with Gasteiger partial charge in [0.25, 0.3) is 0 Å². The second-order valence-corrected chi connectivity index (χ2v) is 5.90. The molecule has 0 bridgehead atoms. The number of hydrogen-bond acceptors (Lipinski definition) is 5. The van der Waals surface area contributed by atoms with E-state index in [0.717, 1.165) is 25.7 Å². The number of fused-ring (bicyclic) bond motifs is 1. The van der Waals surface area contributed by atoms with E-state index in [-0.39, 0.29) is 42.6 Å². The first-order valence-electron chi connectivity index (χ1n) is 7.52. The molecule has 0 radical (unpaired) electrons. The number of aryl methyl sites for hydroxylation is 1. The lowest BCUT2D eigenvalue weighted by Crippen LogP contribution is -2.34. The first kappa shape index (κ1) is 14.7. The maximum atomic E-state index is 12.4. The number of carbonyl (C=O) groups excluding carboxylic acids is 2. The van der Waals surface area contributed by atoms with E-state index in [9.17, 15) is 19.7 Å². The van der Waals surface area contributed by atoms with Gasteiger partial charge in [-0.1, -0.05) is 12.8 Å². The highest BCUT2D eigenvalue weighted by molar-refractivity contribution is 6.05. The molecule has 2 atom stereocenters. The number of likely N-dealkylation sites (tertiary alicyclic amines) is 1. The van der Waals surface area contributed by atoms with E-state index in [1.807, 2.05) is 0 Å². The van der Waals surface area contributed by atoms with Crippen molar-refractivity contribution in [3.8, 4) is 0 Å². The topological polar surface area (TPSA) is 98.3 Å². The molecule has 2 fully saturated rings. The Morgan fingerprint density at radius 3 is 2.36 bits per heavy atom. The summed E-state index contributed by atoms with van der Waals surface area (Å²) in [6, 6.07) is 0. The van der Waals surface area contributed by atoms with Crippen LogP contribution in [-0.2, 0) is 16.1 Å². The molecule has 22 heavy (non-hydrogen) atoms. The predicted octanol–water partition coefficient (Wildman–Crippen LogP) is 1.27. The van der Waals surface area contributed by atoms with Gasteiger partial charge in [0.05, 0.1) is 18.4 Å². The molecule has 2 aliphatic rings. The quantitative estimate of drug-likeness (QED) is 0.474. The number of aromatic nitrogens is 2. The fourth-order valence-electron chi connectivity index (χ4n) is 3.53. The Morgan fingerprint density at radius 1 is 1.23 bits per heavy atom. The van der Waals surface area contributed by atoms with E-state index < -0.39 is 4.92 Å². The van der Waals surface area contributed by atoms with Crippen LogP contribution in [0.1, 0.15) is 31.5 Å². The van der Waals surface area contributed by atoms with Gasteiger partial charge in [-0.15, -0.1) is 0 Å². The van der Waals surface area contributed by atoms with E-state index in [1.165, 1.54) is 15.7 Å². The molecule has 1 saturated heterocycles. The molecule has 1 aromatic rings. The number of nitrogens with zero attached hydrogens (tertiary/aromatic N) is 4. The van der Waals surface area contributed by atoms with Crippen LogP contribution in [0, 0.1) is 28.9 Å². The SMILES string of the molecule is Cc1ncc([N+](=O)[O-])n1CCN1C(=O)[C@@H]2CCCC[C@H]2C1=O. The molecule has 1 aliphatic carbocycles. The molecule has 1 aliphatic heterocycles. The Kier molecular flexibility index (Phi) is 3.67. The molecular formula is C14H18N4O4. The highest BCUT2D eigenvalue weighted by Gasteiger charge is 2.48. The minimum absolute atomic E-state index is 0.116. The summed E-state index contributed by atoms with van der Waals surface area (Å²) in [6.07, 6.45) is 4.72. The smallest absolute Gasteiger partial charge is 0.342 e. The summed E-state index contributed by atoms with van der Waals surface area (Å²) in [6.45, 7) is 2.04. The standard InChI is InChI=1S/C14H18N4O4/c1-9-15-8-12(18(21)22)16(9)6-7-17-13(19)10-4-2-3-5-11(10)14(17)20/h8,10-11H,2-7H2,1H3/t10-,11-/m1/s1. The first-order valence-corrected chi connectivity index (χ1v) is 7.52. The van der Waals surface area contributed by atoms with Gasteiger partial charge in [-0.05, 0) is 17.8 Å². The Labute approximate surface area is 127 Å². The summed E-state index contributed by atoms with van der Waals surface area (Å²) < 4.78 is 1.43. The molecule has 118 valence electrons. The van der Waals surface area contributed by atoms with Crippen molar-refractivity contribution in [2.75, 3.05) is 6.54 Å². The van der Waals surface area contributed by atoms with Gasteiger partial charge in [-0.2, -0.15) is 0 Å². The zero-order valence-electron chi connectivity index (χ0n) is 12.4. The van der Waals surface area contributed by atoms with Crippen LogP contribution in [0.15, 0.2) is 6.20 Å². The van der Waals surface area contributed by atoms with Gasteiger partial charge in [0.15, 0.2) is 5.82 Å². The molecule has 8 nitrogen and oxygen atoms in total. The second kappa shape index (κ2) is 5.51. The Bertz CT molecular complexity index is 615. The molecular weight excluding hydrogens is 288 g/mol. The largest absolute Gasteiger partial charge is 0.358 e. The number of imide groups is 1. The fraction of sp³-hybridized carbons (Fsp3) is 0.643. The van der Waals surface area contributed by atoms with Crippen molar-refractivity contribution in [3.05, 3.63) is 22.1 Å². The van der Waals surface area contributed by atoms with E-state index in [1.54, 1.807) is 6.92 Å². The van der Waals surface area contributed by atoms with Gasteiger partial charge in [0.2, 0.25) is 11.8 Å². The third-order valence-corrected chi connectivity index (χ3v) is 4.70. The van der Waals surface area contributed by atoms with Crippen molar-refractivity contribution >= 4 is 17.6 Å². The molecule has 0 unspecified atom stereocenters. The zero-order chi connectivity index (χ0) is 15.9. The molecule has 2 amide bonds. The van der Waals surface area contributed by atoms with Crippen LogP contribution in [-0.4, -0.2) is 37.7 Å². The van der Waals surface area contributed by atoms with Crippen LogP contribution in [0.5, 0.6) is 0 Å². The normalized spacial score (nSPS) is 24.7. The van der Waals surface area contributed by atoms with Crippen molar-refractivity contribution in [1.82, 2.24) is 14.5 Å². The Hall–Kier alpha value is -2.25. The summed E-state index contributed by atoms with van der Waals surface area (Å²) in [5.41, 5.74) is 0. The molecule has 2 heterocycles. The van der Waals surface area contributed by atoms with Crippen LogP contribution in [0.4, 0.5) is 5.82 Å². The monoisotopic (exact) mass is 306 g/mol. The summed E-state index contributed by atoms with van der Waals surface area (Å²) in [5.74, 6) is -0.206. The van der Waals surface area contributed by atoms with E-state index in [4.69, 9.17) is 0 Å². The van der Waals surface area contributed by atoms with E-state index in [0.29, 0.717) is 5.82 Å². The van der Waals surface area contributed by atoms with Gasteiger partial charge < -0.3 is 10.1 Å². The zero-order valence-corrected chi connectivity index (χ0v) is 12.4. The first-order chi connectivity index (χ1) is 10.5. The van der Waals surface area contributed by atoms with Crippen molar-refractivity contribution in [2.45, 2.75) is 39.2 Å². The number of rotatable bonds is 4. The highest BCUT2D eigenvalue weighted by Crippen LogP contribution is 2.37. The molecule has 3 rings (SSSR count). The number of amides is 2. The molecule has 8 heteroatoms. The maximum absolute atomic E-state index is 12.4. The van der Waals surface area contributed by atoms with Gasteiger partial charge >= 0.3 is 5.82 Å². The molecule has 0 aromatic carbocycles.